The molecule has 0 bridgehead atoms. The van der Waals surface area contributed by atoms with E-state index >= 15 is 0 Å². The van der Waals surface area contributed by atoms with Crippen molar-refractivity contribution in [3.63, 3.8) is 0 Å². The summed E-state index contributed by atoms with van der Waals surface area (Å²) in [5.74, 6) is -0.0126. The molecule has 0 aromatic rings. The van der Waals surface area contributed by atoms with Gasteiger partial charge in [-0.15, -0.1) is 0 Å². The summed E-state index contributed by atoms with van der Waals surface area (Å²) >= 11 is 0. The zero-order chi connectivity index (χ0) is 59.9. The summed E-state index contributed by atoms with van der Waals surface area (Å²) in [5.41, 5.74) is 0. The van der Waals surface area contributed by atoms with E-state index in [4.69, 9.17) is 4.74 Å². The number of nitrogens with one attached hydrogen (secondary N) is 1. The Balaban J connectivity index is 3.32. The molecule has 1 amide bonds. The summed E-state index contributed by atoms with van der Waals surface area (Å²) < 4.78 is 5.50. The highest BCUT2D eigenvalue weighted by atomic mass is 16.5. The largest absolute Gasteiger partial charge is 0.466 e. The summed E-state index contributed by atoms with van der Waals surface area (Å²) in [6.07, 6.45) is 92.5. The molecule has 0 aliphatic heterocycles. The standard InChI is InChI=1S/C77H149NO5/c1-3-5-7-9-11-13-15-17-19-21-38-41-45-49-53-57-61-65-69-75(80)74(73-79)78-76(81)70-66-62-58-54-50-46-42-39-35-33-31-29-27-25-23-22-24-26-28-30-32-34-36-40-44-48-52-56-60-64-68-72-83-77(82)71-67-63-59-55-51-47-43-37-20-18-16-14-12-10-8-6-4-2/h12,14,18,20,74-75,79-80H,3-11,13,15-17,19,21-73H2,1-2H3,(H,78,81)/b14-12-,20-18-. The topological polar surface area (TPSA) is 95.9 Å². The van der Waals surface area contributed by atoms with Crippen molar-refractivity contribution in [1.82, 2.24) is 5.32 Å². The zero-order valence-corrected chi connectivity index (χ0v) is 56.5. The van der Waals surface area contributed by atoms with Crippen LogP contribution in [0.15, 0.2) is 24.3 Å². The van der Waals surface area contributed by atoms with E-state index in [0.29, 0.717) is 25.9 Å². The normalized spacial score (nSPS) is 12.6. The maximum Gasteiger partial charge on any atom is 0.305 e. The third kappa shape index (κ3) is 69.3. The number of carbonyl (C=O) groups is 2. The fourth-order valence-corrected chi connectivity index (χ4v) is 12.2. The van der Waals surface area contributed by atoms with E-state index in [2.05, 4.69) is 43.5 Å². The van der Waals surface area contributed by atoms with Crippen LogP contribution in [0, 0.1) is 0 Å². The number of unbranched alkanes of at least 4 members (excludes halogenated alkanes) is 57. The van der Waals surface area contributed by atoms with E-state index in [0.717, 1.165) is 51.4 Å². The molecule has 0 fully saturated rings. The molecule has 6 nitrogen and oxygen atoms in total. The quantitative estimate of drug-likeness (QED) is 0.0320. The molecule has 492 valence electrons. The summed E-state index contributed by atoms with van der Waals surface area (Å²) in [7, 11) is 0. The molecule has 0 spiro atoms. The number of rotatable bonds is 72. The number of ether oxygens (including phenoxy) is 1. The van der Waals surface area contributed by atoms with Crippen LogP contribution in [0.25, 0.3) is 0 Å². The molecular formula is C77H149NO5. The Hall–Kier alpha value is -1.66. The number of esters is 1. The molecule has 0 saturated heterocycles. The van der Waals surface area contributed by atoms with Gasteiger partial charge in [0.15, 0.2) is 0 Å². The van der Waals surface area contributed by atoms with E-state index in [-0.39, 0.29) is 18.5 Å². The Morgan fingerprint density at radius 2 is 0.602 bits per heavy atom. The van der Waals surface area contributed by atoms with Gasteiger partial charge in [-0.3, -0.25) is 9.59 Å². The minimum atomic E-state index is -0.662. The molecule has 0 aliphatic carbocycles. The lowest BCUT2D eigenvalue weighted by Gasteiger charge is -2.22. The minimum Gasteiger partial charge on any atom is -0.466 e. The van der Waals surface area contributed by atoms with E-state index in [1.165, 1.54) is 347 Å². The third-order valence-electron chi connectivity index (χ3n) is 18.0. The maximum atomic E-state index is 12.5. The number of allylic oxidation sites excluding steroid dienone is 4. The molecule has 0 radical (unpaired) electrons. The Labute approximate surface area is 520 Å². The van der Waals surface area contributed by atoms with Gasteiger partial charge in [0.25, 0.3) is 0 Å². The first kappa shape index (κ1) is 81.3. The first-order valence-electron chi connectivity index (χ1n) is 38.1. The van der Waals surface area contributed by atoms with Crippen molar-refractivity contribution in [2.75, 3.05) is 13.2 Å². The molecule has 0 rings (SSSR count). The SMILES string of the molecule is CCCCC/C=C\C/C=C\CCCCCCCCCC(=O)OCCCCCCCCCCCCCCCCCCCCCCCCCCCCCCCCCC(=O)NC(CO)C(O)CCCCCCCCCCCCCCCCCCCC. The van der Waals surface area contributed by atoms with Crippen LogP contribution < -0.4 is 5.32 Å². The molecule has 0 aliphatic rings. The van der Waals surface area contributed by atoms with Crippen LogP contribution in [0.5, 0.6) is 0 Å². The van der Waals surface area contributed by atoms with Crippen LogP contribution in [-0.4, -0.2) is 47.4 Å². The Kier molecular flexibility index (Phi) is 71.4. The number of aliphatic hydroxyl groups is 2. The maximum absolute atomic E-state index is 12.5. The van der Waals surface area contributed by atoms with Crippen LogP contribution in [0.1, 0.15) is 431 Å². The molecule has 3 N–H and O–H groups in total. The van der Waals surface area contributed by atoms with Crippen LogP contribution in [0.4, 0.5) is 0 Å². The third-order valence-corrected chi connectivity index (χ3v) is 18.0. The summed E-state index contributed by atoms with van der Waals surface area (Å²) in [5, 5.41) is 23.4. The highest BCUT2D eigenvalue weighted by Crippen LogP contribution is 2.20. The van der Waals surface area contributed by atoms with Gasteiger partial charge in [-0.05, 0) is 57.8 Å². The van der Waals surface area contributed by atoms with Gasteiger partial charge in [0.2, 0.25) is 5.91 Å². The van der Waals surface area contributed by atoms with Gasteiger partial charge in [-0.1, -0.05) is 385 Å². The van der Waals surface area contributed by atoms with E-state index in [1.807, 2.05) is 0 Å². The van der Waals surface area contributed by atoms with Gasteiger partial charge in [0.1, 0.15) is 0 Å². The van der Waals surface area contributed by atoms with Crippen LogP contribution in [0.2, 0.25) is 0 Å². The molecule has 83 heavy (non-hydrogen) atoms. The van der Waals surface area contributed by atoms with E-state index in [1.54, 1.807) is 0 Å². The lowest BCUT2D eigenvalue weighted by Crippen LogP contribution is -2.45. The number of aliphatic hydroxyl groups excluding tert-OH is 2. The fraction of sp³-hybridized carbons (Fsp3) is 0.922. The fourth-order valence-electron chi connectivity index (χ4n) is 12.2. The summed E-state index contributed by atoms with van der Waals surface area (Å²) in [6, 6.07) is -0.538. The van der Waals surface area contributed by atoms with Crippen molar-refractivity contribution in [3.8, 4) is 0 Å². The Bertz CT molecular complexity index is 1300. The predicted molar refractivity (Wildman–Crippen MR) is 366 cm³/mol. The van der Waals surface area contributed by atoms with Gasteiger partial charge in [-0.2, -0.15) is 0 Å². The van der Waals surface area contributed by atoms with Crippen molar-refractivity contribution in [2.45, 2.75) is 443 Å². The summed E-state index contributed by atoms with van der Waals surface area (Å²) in [6.45, 7) is 4.97. The van der Waals surface area contributed by atoms with Crippen molar-refractivity contribution in [2.24, 2.45) is 0 Å². The molecule has 0 aromatic carbocycles. The Morgan fingerprint density at radius 3 is 0.940 bits per heavy atom. The van der Waals surface area contributed by atoms with Gasteiger partial charge < -0.3 is 20.3 Å². The first-order valence-corrected chi connectivity index (χ1v) is 38.1. The first-order chi connectivity index (χ1) is 41.0. The average Bonchev–Trinajstić information content (AvgIpc) is 3.49. The second kappa shape index (κ2) is 72.8. The van der Waals surface area contributed by atoms with Gasteiger partial charge in [-0.25, -0.2) is 0 Å². The second-order valence-corrected chi connectivity index (χ2v) is 26.3. The molecule has 2 atom stereocenters. The van der Waals surface area contributed by atoms with Crippen molar-refractivity contribution >= 4 is 11.9 Å². The number of carbonyl (C=O) groups excluding carboxylic acids is 2. The van der Waals surface area contributed by atoms with Crippen LogP contribution >= 0.6 is 0 Å². The minimum absolute atomic E-state index is 0.0138. The van der Waals surface area contributed by atoms with Crippen molar-refractivity contribution in [1.29, 1.82) is 0 Å². The van der Waals surface area contributed by atoms with Gasteiger partial charge in [0.05, 0.1) is 25.4 Å². The molecule has 2 unspecified atom stereocenters. The lowest BCUT2D eigenvalue weighted by atomic mass is 10.0. The number of hydrogen-bond donors (Lipinski definition) is 3. The average molecular weight is 1170 g/mol. The van der Waals surface area contributed by atoms with Crippen molar-refractivity contribution < 1.29 is 24.5 Å². The summed E-state index contributed by atoms with van der Waals surface area (Å²) in [4.78, 5) is 24.6. The van der Waals surface area contributed by atoms with E-state index in [9.17, 15) is 19.8 Å². The number of hydrogen-bond acceptors (Lipinski definition) is 5. The second-order valence-electron chi connectivity index (χ2n) is 26.3. The molecule has 0 aromatic heterocycles. The monoisotopic (exact) mass is 1170 g/mol. The van der Waals surface area contributed by atoms with Crippen LogP contribution in [0.3, 0.4) is 0 Å². The highest BCUT2D eigenvalue weighted by Gasteiger charge is 2.20. The smallest absolute Gasteiger partial charge is 0.305 e. The molecule has 0 heterocycles. The van der Waals surface area contributed by atoms with Crippen molar-refractivity contribution in [3.05, 3.63) is 24.3 Å². The molecule has 0 saturated carbocycles. The zero-order valence-electron chi connectivity index (χ0n) is 56.5. The lowest BCUT2D eigenvalue weighted by molar-refractivity contribution is -0.143. The molecular weight excluding hydrogens is 1020 g/mol. The van der Waals surface area contributed by atoms with Gasteiger partial charge in [0, 0.05) is 12.8 Å². The predicted octanol–water partition coefficient (Wildman–Crippen LogP) is 24.9. The number of amides is 1. The van der Waals surface area contributed by atoms with Crippen LogP contribution in [-0.2, 0) is 14.3 Å². The highest BCUT2D eigenvalue weighted by molar-refractivity contribution is 5.76. The van der Waals surface area contributed by atoms with E-state index < -0.39 is 12.1 Å². The van der Waals surface area contributed by atoms with Gasteiger partial charge >= 0.3 is 5.97 Å². The molecule has 6 heteroatoms. The Morgan fingerprint density at radius 1 is 0.337 bits per heavy atom.